The fourth-order valence-electron chi connectivity index (χ4n) is 3.46. The Hall–Kier alpha value is -0.410. The van der Waals surface area contributed by atoms with Crippen LogP contribution in [0.15, 0.2) is 11.7 Å². The third kappa shape index (κ3) is 3.55. The van der Waals surface area contributed by atoms with Crippen LogP contribution in [0.5, 0.6) is 0 Å². The van der Waals surface area contributed by atoms with Gasteiger partial charge in [-0.05, 0) is 50.0 Å². The van der Waals surface area contributed by atoms with Crippen LogP contribution in [-0.4, -0.2) is 11.5 Å². The van der Waals surface area contributed by atoms with Crippen LogP contribution >= 0.6 is 11.3 Å². The Morgan fingerprint density at radius 1 is 1.33 bits per heavy atom. The highest BCUT2D eigenvalue weighted by Gasteiger charge is 2.31. The molecule has 102 valence electrons. The summed E-state index contributed by atoms with van der Waals surface area (Å²) in [7, 11) is 0. The van der Waals surface area contributed by atoms with Gasteiger partial charge in [-0.3, -0.25) is 4.98 Å². The topological polar surface area (TPSA) is 24.9 Å². The molecule has 1 saturated carbocycles. The standard InChI is InChI=1S/C15H26N2S/c1-4-5-17-15(14-9-16-10-18-14)13-7-11(2)6-12(3)8-13/h9-13,15,17H,4-8H2,1-3H3. The largest absolute Gasteiger partial charge is 0.309 e. The minimum atomic E-state index is 0.530. The van der Waals surface area contributed by atoms with E-state index >= 15 is 0 Å². The Labute approximate surface area is 115 Å². The van der Waals surface area contributed by atoms with Gasteiger partial charge in [-0.25, -0.2) is 0 Å². The van der Waals surface area contributed by atoms with Crippen LogP contribution in [0.3, 0.4) is 0 Å². The quantitative estimate of drug-likeness (QED) is 0.861. The summed E-state index contributed by atoms with van der Waals surface area (Å²) in [6.07, 6.45) is 7.39. The zero-order valence-corrected chi connectivity index (χ0v) is 12.7. The molecule has 1 aromatic rings. The fourth-order valence-corrected chi connectivity index (χ4v) is 4.25. The summed E-state index contributed by atoms with van der Waals surface area (Å²) in [6, 6.07) is 0.530. The van der Waals surface area contributed by atoms with E-state index in [9.17, 15) is 0 Å². The molecule has 1 aromatic heterocycles. The molecule has 3 unspecified atom stereocenters. The monoisotopic (exact) mass is 266 g/mol. The summed E-state index contributed by atoms with van der Waals surface area (Å²) in [6.45, 7) is 8.17. The smallest absolute Gasteiger partial charge is 0.0794 e. The first-order valence-corrected chi connectivity index (χ1v) is 8.20. The molecule has 3 atom stereocenters. The summed E-state index contributed by atoms with van der Waals surface area (Å²) >= 11 is 1.80. The molecular formula is C15H26N2S. The summed E-state index contributed by atoms with van der Waals surface area (Å²) in [4.78, 5) is 5.69. The zero-order chi connectivity index (χ0) is 13.0. The van der Waals surface area contributed by atoms with E-state index in [0.717, 1.165) is 24.3 Å². The molecule has 0 radical (unpaired) electrons. The molecule has 1 aliphatic carbocycles. The molecule has 0 amide bonds. The van der Waals surface area contributed by atoms with Crippen LogP contribution in [-0.2, 0) is 0 Å². The Bertz CT molecular complexity index is 326. The molecule has 1 fully saturated rings. The first-order valence-electron chi connectivity index (χ1n) is 7.32. The summed E-state index contributed by atoms with van der Waals surface area (Å²) in [5.74, 6) is 2.53. The lowest BCUT2D eigenvalue weighted by molar-refractivity contribution is 0.178. The van der Waals surface area contributed by atoms with Gasteiger partial charge in [0.05, 0.1) is 5.51 Å². The van der Waals surface area contributed by atoms with Crippen molar-refractivity contribution in [1.29, 1.82) is 0 Å². The molecule has 0 bridgehead atoms. The summed E-state index contributed by atoms with van der Waals surface area (Å²) in [5, 5.41) is 3.75. The van der Waals surface area contributed by atoms with Gasteiger partial charge in [0.1, 0.15) is 0 Å². The minimum absolute atomic E-state index is 0.530. The first-order chi connectivity index (χ1) is 8.70. The zero-order valence-electron chi connectivity index (χ0n) is 11.9. The Morgan fingerprint density at radius 3 is 2.61 bits per heavy atom. The van der Waals surface area contributed by atoms with Crippen molar-refractivity contribution in [2.75, 3.05) is 6.54 Å². The van der Waals surface area contributed by atoms with E-state index in [1.54, 1.807) is 11.3 Å². The summed E-state index contributed by atoms with van der Waals surface area (Å²) < 4.78 is 0. The van der Waals surface area contributed by atoms with Crippen LogP contribution < -0.4 is 5.32 Å². The van der Waals surface area contributed by atoms with E-state index in [2.05, 4.69) is 37.3 Å². The average Bonchev–Trinajstić information content (AvgIpc) is 2.82. The number of hydrogen-bond donors (Lipinski definition) is 1. The second-order valence-corrected chi connectivity index (χ2v) is 6.93. The highest BCUT2D eigenvalue weighted by molar-refractivity contribution is 7.09. The van der Waals surface area contributed by atoms with Crippen molar-refractivity contribution in [2.24, 2.45) is 17.8 Å². The fraction of sp³-hybridized carbons (Fsp3) is 0.800. The van der Waals surface area contributed by atoms with Gasteiger partial charge in [0.25, 0.3) is 0 Å². The molecule has 2 rings (SSSR count). The number of nitrogens with zero attached hydrogens (tertiary/aromatic N) is 1. The number of nitrogens with one attached hydrogen (secondary N) is 1. The lowest BCUT2D eigenvalue weighted by Crippen LogP contribution is -2.33. The highest BCUT2D eigenvalue weighted by atomic mass is 32.1. The van der Waals surface area contributed by atoms with E-state index in [0.29, 0.717) is 6.04 Å². The molecule has 0 aliphatic heterocycles. The van der Waals surface area contributed by atoms with Crippen molar-refractivity contribution in [3.05, 3.63) is 16.6 Å². The van der Waals surface area contributed by atoms with Crippen molar-refractivity contribution < 1.29 is 0 Å². The lowest BCUT2D eigenvalue weighted by atomic mass is 9.73. The highest BCUT2D eigenvalue weighted by Crippen LogP contribution is 2.40. The molecule has 0 spiro atoms. The average molecular weight is 266 g/mol. The second-order valence-electron chi connectivity index (χ2n) is 6.01. The SMILES string of the molecule is CCCNC(c1cncs1)C1CC(C)CC(C)C1. The van der Waals surface area contributed by atoms with Gasteiger partial charge >= 0.3 is 0 Å². The molecule has 0 aromatic carbocycles. The van der Waals surface area contributed by atoms with Crippen molar-refractivity contribution in [2.45, 2.75) is 52.5 Å². The van der Waals surface area contributed by atoms with Crippen molar-refractivity contribution in [3.63, 3.8) is 0 Å². The van der Waals surface area contributed by atoms with Gasteiger partial charge < -0.3 is 5.32 Å². The second kappa shape index (κ2) is 6.67. The molecular weight excluding hydrogens is 240 g/mol. The van der Waals surface area contributed by atoms with Crippen molar-refractivity contribution in [1.82, 2.24) is 10.3 Å². The Morgan fingerprint density at radius 2 is 2.06 bits per heavy atom. The van der Waals surface area contributed by atoms with E-state index in [4.69, 9.17) is 0 Å². The maximum absolute atomic E-state index is 4.26. The molecule has 0 saturated heterocycles. The normalized spacial score (nSPS) is 30.3. The van der Waals surface area contributed by atoms with Crippen LogP contribution in [0.1, 0.15) is 57.4 Å². The predicted octanol–water partition coefficient (Wildman–Crippen LogP) is 4.26. The summed E-state index contributed by atoms with van der Waals surface area (Å²) in [5.41, 5.74) is 1.96. The molecule has 1 N–H and O–H groups in total. The molecule has 1 aliphatic rings. The number of thiazole rings is 1. The minimum Gasteiger partial charge on any atom is -0.309 e. The molecule has 3 heteroatoms. The maximum atomic E-state index is 4.26. The van der Waals surface area contributed by atoms with Crippen LogP contribution in [0.2, 0.25) is 0 Å². The Balaban J connectivity index is 2.07. The third-order valence-corrected chi connectivity index (χ3v) is 4.92. The van der Waals surface area contributed by atoms with Crippen LogP contribution in [0, 0.1) is 17.8 Å². The Kier molecular flexibility index (Phi) is 5.19. The maximum Gasteiger partial charge on any atom is 0.0794 e. The number of rotatable bonds is 5. The van der Waals surface area contributed by atoms with Crippen LogP contribution in [0.4, 0.5) is 0 Å². The third-order valence-electron chi connectivity index (χ3n) is 4.06. The van der Waals surface area contributed by atoms with Gasteiger partial charge in [0, 0.05) is 17.1 Å². The van der Waals surface area contributed by atoms with E-state index < -0.39 is 0 Å². The van der Waals surface area contributed by atoms with Crippen LogP contribution in [0.25, 0.3) is 0 Å². The van der Waals surface area contributed by atoms with E-state index in [-0.39, 0.29) is 0 Å². The van der Waals surface area contributed by atoms with Crippen molar-refractivity contribution in [3.8, 4) is 0 Å². The molecule has 2 nitrogen and oxygen atoms in total. The van der Waals surface area contributed by atoms with Gasteiger partial charge in [0.15, 0.2) is 0 Å². The van der Waals surface area contributed by atoms with Gasteiger partial charge in [0.2, 0.25) is 0 Å². The molecule has 18 heavy (non-hydrogen) atoms. The van der Waals surface area contributed by atoms with Gasteiger partial charge in [-0.1, -0.05) is 20.8 Å². The van der Waals surface area contributed by atoms with E-state index in [1.807, 2.05) is 5.51 Å². The number of aromatic nitrogens is 1. The van der Waals surface area contributed by atoms with E-state index in [1.165, 1.54) is 30.6 Å². The number of hydrogen-bond acceptors (Lipinski definition) is 3. The lowest BCUT2D eigenvalue weighted by Gasteiger charge is -2.36. The van der Waals surface area contributed by atoms with Crippen molar-refractivity contribution >= 4 is 11.3 Å². The van der Waals surface area contributed by atoms with Gasteiger partial charge in [-0.2, -0.15) is 0 Å². The molecule has 1 heterocycles. The first kappa shape index (κ1) is 14.0. The predicted molar refractivity (Wildman–Crippen MR) is 78.8 cm³/mol. The van der Waals surface area contributed by atoms with Gasteiger partial charge in [-0.15, -0.1) is 11.3 Å².